The minimum Gasteiger partial charge on any atom is -0.494 e. The van der Waals surface area contributed by atoms with Crippen LogP contribution < -0.4 is 34.8 Å². The molecule has 3 aromatic rings. The first-order valence-corrected chi connectivity index (χ1v) is 25.1. The summed E-state index contributed by atoms with van der Waals surface area (Å²) in [5.74, 6) is -2.18. The molecule has 3 N–H and O–H groups in total. The lowest BCUT2D eigenvalue weighted by molar-refractivity contribution is -0.138. The van der Waals surface area contributed by atoms with Crippen LogP contribution in [0, 0.1) is 11.8 Å². The highest BCUT2D eigenvalue weighted by Crippen LogP contribution is 2.44. The van der Waals surface area contributed by atoms with Crippen molar-refractivity contribution in [1.82, 2.24) is 25.1 Å². The van der Waals surface area contributed by atoms with Gasteiger partial charge in [0.25, 0.3) is 0 Å². The molecule has 1 aliphatic carbocycles. The average Bonchev–Trinajstić information content (AvgIpc) is 3.74. The number of hydrogen-bond donors (Lipinski definition) is 3. The minimum atomic E-state index is -3.52. The Morgan fingerprint density at radius 1 is 1.00 bits per heavy atom. The van der Waals surface area contributed by atoms with E-state index in [9.17, 15) is 18.0 Å². The largest absolute Gasteiger partial charge is 0.494 e. The maximum Gasteiger partial charge on any atom is 0.232 e. The summed E-state index contributed by atoms with van der Waals surface area (Å²) in [5, 5.41) is 8.99. The molecule has 0 radical (unpaired) electrons. The van der Waals surface area contributed by atoms with Crippen LogP contribution in [-0.2, 0) is 32.5 Å². The van der Waals surface area contributed by atoms with E-state index < -0.39 is 45.7 Å². The predicted octanol–water partition coefficient (Wildman–Crippen LogP) is 6.46. The molecule has 2 unspecified atom stereocenters. The van der Waals surface area contributed by atoms with Crippen LogP contribution in [0.2, 0.25) is 0 Å². The number of benzene rings is 2. The summed E-state index contributed by atoms with van der Waals surface area (Å²) in [6.07, 6.45) is 8.37. The molecule has 3 atom stereocenters. The Bertz CT molecular complexity index is 2480. The van der Waals surface area contributed by atoms with E-state index in [0.29, 0.717) is 70.9 Å². The van der Waals surface area contributed by atoms with Crippen molar-refractivity contribution >= 4 is 78.0 Å². The number of carbonyl (C=O) groups excluding carboxylic acids is 2. The Morgan fingerprint density at radius 2 is 1.75 bits per heavy atom. The number of nitrogens with one attached hydrogen (secondary N) is 3. The number of piperidine rings is 2. The molecule has 0 saturated carbocycles. The number of imide groups is 1. The molecule has 0 spiro atoms. The highest BCUT2D eigenvalue weighted by molar-refractivity contribution is 9.10. The summed E-state index contributed by atoms with van der Waals surface area (Å²) >= 11 is 3.59. The maximum atomic E-state index is 15.2. The van der Waals surface area contributed by atoms with Gasteiger partial charge in [0.2, 0.25) is 27.8 Å². The number of ether oxygens (including phenoxy) is 1. The SMILES string of the molecule is CCc1cc(Nc2ncc(Br)c(Nc3ccc(N(C)C)c4c3N(S(C)(=O)=O)CC4)n2)c(OC)cc1N1CCC(N2CCN(CCC3=CC(F)C([C@H]4CCC(=O)NC4=O)C(F)=C3)CC2)CC1. The summed E-state index contributed by atoms with van der Waals surface area (Å²) in [7, 11) is 2.03. The van der Waals surface area contributed by atoms with Gasteiger partial charge in [0, 0.05) is 108 Å². The second-order valence-electron chi connectivity index (χ2n) is 17.8. The van der Waals surface area contributed by atoms with Crippen molar-refractivity contribution in [3.63, 3.8) is 0 Å². The lowest BCUT2D eigenvalue weighted by atomic mass is 9.78. The summed E-state index contributed by atoms with van der Waals surface area (Å²) in [6, 6.07) is 8.54. The maximum absolute atomic E-state index is 15.2. The van der Waals surface area contributed by atoms with E-state index in [2.05, 4.69) is 70.6 Å². The fourth-order valence-corrected chi connectivity index (χ4v) is 11.3. The Hall–Kier alpha value is -4.85. The molecule has 2 amide bonds. The Kier molecular flexibility index (Phi) is 14.0. The second kappa shape index (κ2) is 19.5. The van der Waals surface area contributed by atoms with Crippen molar-refractivity contribution in [2.45, 2.75) is 64.1 Å². The number of anilines is 7. The number of alkyl halides is 1. The van der Waals surface area contributed by atoms with Gasteiger partial charge in [0.15, 0.2) is 0 Å². The van der Waals surface area contributed by atoms with Gasteiger partial charge < -0.3 is 30.1 Å². The van der Waals surface area contributed by atoms with Gasteiger partial charge in [-0.1, -0.05) is 6.92 Å². The number of aromatic nitrogens is 2. The fourth-order valence-electron chi connectivity index (χ4n) is 10.1. The van der Waals surface area contributed by atoms with Crippen molar-refractivity contribution in [1.29, 1.82) is 0 Å². The molecule has 15 nitrogen and oxygen atoms in total. The lowest BCUT2D eigenvalue weighted by Crippen LogP contribution is -2.53. The number of amides is 2. The molecule has 65 heavy (non-hydrogen) atoms. The molecule has 8 rings (SSSR count). The van der Waals surface area contributed by atoms with Gasteiger partial charge in [-0.3, -0.25) is 24.1 Å². The Morgan fingerprint density at radius 3 is 2.42 bits per heavy atom. The number of piperazine rings is 1. The van der Waals surface area contributed by atoms with Crippen LogP contribution in [0.3, 0.4) is 0 Å². The molecular weight excluding hydrogens is 923 g/mol. The van der Waals surface area contributed by atoms with E-state index >= 15 is 8.78 Å². The van der Waals surface area contributed by atoms with Crippen LogP contribution >= 0.6 is 15.9 Å². The Balaban J connectivity index is 0.862. The van der Waals surface area contributed by atoms with Gasteiger partial charge >= 0.3 is 0 Å². The number of fused-ring (bicyclic) bond motifs is 1. The summed E-state index contributed by atoms with van der Waals surface area (Å²) in [5.41, 5.74) is 6.83. The third-order valence-corrected chi connectivity index (χ3v) is 15.2. The number of aryl methyl sites for hydroxylation is 1. The van der Waals surface area contributed by atoms with Gasteiger partial charge in [0.05, 0.1) is 46.7 Å². The quantitative estimate of drug-likeness (QED) is 0.152. The van der Waals surface area contributed by atoms with Crippen LogP contribution in [0.5, 0.6) is 5.75 Å². The number of halogens is 3. The number of methoxy groups -OCH3 is 1. The topological polar surface area (TPSA) is 156 Å². The summed E-state index contributed by atoms with van der Waals surface area (Å²) in [4.78, 5) is 42.6. The minimum absolute atomic E-state index is 0.0948. The van der Waals surface area contributed by atoms with Gasteiger partial charge in [-0.05, 0) is 95.9 Å². The van der Waals surface area contributed by atoms with Crippen LogP contribution in [0.4, 0.5) is 49.0 Å². The van der Waals surface area contributed by atoms with Crippen molar-refractivity contribution in [3.8, 4) is 5.75 Å². The van der Waals surface area contributed by atoms with Gasteiger partial charge in [-0.15, -0.1) is 0 Å². The molecule has 5 heterocycles. The standard InChI is InChI=1S/C46H59BrF2N10O5S/c1-6-29-25-37(52-46-50-27-33(47)44(54-46)51-36-8-9-38(55(2)3)31-14-18-59(43(31)36)65(5,62)63)40(64-4)26-39(29)58-16-12-30(13-17-58)57-21-19-56(20-22-57)15-11-28-23-34(48)42(35(49)24-28)32-7-10-41(60)53-45(32)61/h8-9,23-27,30,32,34,42H,6-7,10-22H2,1-5H3,(H,53,60,61)(H2,50,51,52,54)/t32-,34?,42?/m1/s1. The van der Waals surface area contributed by atoms with Gasteiger partial charge in [-0.25, -0.2) is 22.2 Å². The van der Waals surface area contributed by atoms with Crippen LogP contribution in [0.15, 0.2) is 58.5 Å². The zero-order chi connectivity index (χ0) is 46.2. The number of carbonyl (C=O) groups is 2. The van der Waals surface area contributed by atoms with E-state index in [-0.39, 0.29) is 12.8 Å². The van der Waals surface area contributed by atoms with Crippen molar-refractivity contribution < 1.29 is 31.5 Å². The monoisotopic (exact) mass is 980 g/mol. The molecule has 3 saturated heterocycles. The summed E-state index contributed by atoms with van der Waals surface area (Å²) < 4.78 is 64.1. The highest BCUT2D eigenvalue weighted by Gasteiger charge is 2.41. The summed E-state index contributed by atoms with van der Waals surface area (Å²) in [6.45, 7) is 8.67. The van der Waals surface area contributed by atoms with E-state index in [0.717, 1.165) is 81.2 Å². The molecule has 2 aromatic carbocycles. The Labute approximate surface area is 388 Å². The number of hydrogen-bond acceptors (Lipinski definition) is 13. The molecule has 0 bridgehead atoms. The van der Waals surface area contributed by atoms with E-state index in [1.54, 1.807) is 13.3 Å². The number of rotatable bonds is 14. The number of allylic oxidation sites excluding steroid dienone is 3. The van der Waals surface area contributed by atoms with E-state index in [1.807, 2.05) is 31.1 Å². The zero-order valence-corrected chi connectivity index (χ0v) is 40.1. The molecule has 5 aliphatic rings. The van der Waals surface area contributed by atoms with Crippen LogP contribution in [0.1, 0.15) is 50.2 Å². The first-order chi connectivity index (χ1) is 31.1. The second-order valence-corrected chi connectivity index (χ2v) is 20.5. The first-order valence-electron chi connectivity index (χ1n) is 22.5. The smallest absolute Gasteiger partial charge is 0.232 e. The zero-order valence-electron chi connectivity index (χ0n) is 37.7. The van der Waals surface area contributed by atoms with E-state index in [4.69, 9.17) is 9.72 Å². The van der Waals surface area contributed by atoms with Crippen LogP contribution in [0.25, 0.3) is 0 Å². The highest BCUT2D eigenvalue weighted by atomic mass is 79.9. The normalized spacial score (nSPS) is 22.3. The van der Waals surface area contributed by atoms with Gasteiger partial charge in [0.1, 0.15) is 23.6 Å². The first kappa shape index (κ1) is 46.7. The number of sulfonamides is 1. The van der Waals surface area contributed by atoms with Crippen molar-refractivity contribution in [3.05, 3.63) is 69.6 Å². The van der Waals surface area contributed by atoms with E-state index in [1.165, 1.54) is 28.3 Å². The third-order valence-electron chi connectivity index (χ3n) is 13.5. The van der Waals surface area contributed by atoms with Crippen molar-refractivity contribution in [2.75, 3.05) is 105 Å². The predicted molar refractivity (Wildman–Crippen MR) is 255 cm³/mol. The fraction of sp³-hybridized carbons (Fsp3) is 0.522. The number of nitrogens with zero attached hydrogens (tertiary/aromatic N) is 7. The molecule has 4 aliphatic heterocycles. The average molecular weight is 982 g/mol. The molecule has 1 aromatic heterocycles. The molecular formula is C46H59BrF2N10O5S. The molecule has 19 heteroatoms. The molecule has 3 fully saturated rings. The molecule has 350 valence electrons. The van der Waals surface area contributed by atoms with Gasteiger partial charge in [-0.2, -0.15) is 4.98 Å². The third kappa shape index (κ3) is 10.1. The van der Waals surface area contributed by atoms with Crippen molar-refractivity contribution in [2.24, 2.45) is 11.8 Å². The van der Waals surface area contributed by atoms with Crippen LogP contribution in [-0.4, -0.2) is 132 Å². The lowest BCUT2D eigenvalue weighted by Gasteiger charge is -2.43.